The van der Waals surface area contributed by atoms with Crippen molar-refractivity contribution in [2.24, 2.45) is 11.1 Å². The number of nitrogens with one attached hydrogen (secondary N) is 1. The van der Waals surface area contributed by atoms with Crippen LogP contribution in [0.4, 0.5) is 0 Å². The number of hydrogen-bond donors (Lipinski definition) is 2. The minimum absolute atomic E-state index is 0.101. The fourth-order valence-corrected chi connectivity index (χ4v) is 2.55. The summed E-state index contributed by atoms with van der Waals surface area (Å²) in [6.45, 7) is 2.45. The lowest BCUT2D eigenvalue weighted by molar-refractivity contribution is -0.123. The fourth-order valence-electron chi connectivity index (χ4n) is 2.55. The SMILES string of the molecule is NC(=O)C1NCCC12CCOCC2. The predicted molar refractivity (Wildman–Crippen MR) is 48.1 cm³/mol. The normalized spacial score (nSPS) is 32.2. The number of carbonyl (C=O) groups is 1. The predicted octanol–water partition coefficient (Wildman–Crippen LogP) is -0.370. The molecule has 3 N–H and O–H groups in total. The van der Waals surface area contributed by atoms with E-state index in [1.807, 2.05) is 0 Å². The van der Waals surface area contributed by atoms with Crippen molar-refractivity contribution in [1.82, 2.24) is 5.32 Å². The molecule has 0 aliphatic carbocycles. The molecule has 4 heteroatoms. The molecule has 1 spiro atoms. The van der Waals surface area contributed by atoms with Crippen molar-refractivity contribution in [3.8, 4) is 0 Å². The summed E-state index contributed by atoms with van der Waals surface area (Å²) >= 11 is 0. The standard InChI is InChI=1S/C9H16N2O2/c10-8(12)7-9(1-4-11-7)2-5-13-6-3-9/h7,11H,1-6H2,(H2,10,12). The van der Waals surface area contributed by atoms with Crippen LogP contribution in [0.2, 0.25) is 0 Å². The van der Waals surface area contributed by atoms with Gasteiger partial charge in [0.25, 0.3) is 0 Å². The van der Waals surface area contributed by atoms with Crippen LogP contribution in [-0.4, -0.2) is 31.7 Å². The number of hydrogen-bond acceptors (Lipinski definition) is 3. The third-order valence-corrected chi connectivity index (χ3v) is 3.36. The number of amides is 1. The minimum atomic E-state index is -0.209. The Morgan fingerprint density at radius 2 is 2.08 bits per heavy atom. The highest BCUT2D eigenvalue weighted by Gasteiger charge is 2.46. The van der Waals surface area contributed by atoms with E-state index in [0.717, 1.165) is 39.0 Å². The van der Waals surface area contributed by atoms with Crippen LogP contribution in [0.25, 0.3) is 0 Å². The number of ether oxygens (including phenoxy) is 1. The van der Waals surface area contributed by atoms with Gasteiger partial charge < -0.3 is 15.8 Å². The molecule has 2 saturated heterocycles. The van der Waals surface area contributed by atoms with Crippen molar-refractivity contribution >= 4 is 5.91 Å². The molecular formula is C9H16N2O2. The molecule has 2 fully saturated rings. The second-order valence-corrected chi connectivity index (χ2v) is 4.01. The Kier molecular flexibility index (Phi) is 2.26. The average molecular weight is 184 g/mol. The van der Waals surface area contributed by atoms with Gasteiger partial charge in [0.15, 0.2) is 0 Å². The van der Waals surface area contributed by atoms with Gasteiger partial charge in [0.1, 0.15) is 0 Å². The third-order valence-electron chi connectivity index (χ3n) is 3.36. The van der Waals surface area contributed by atoms with E-state index in [-0.39, 0.29) is 17.4 Å². The molecule has 0 aromatic heterocycles. The Balaban J connectivity index is 2.13. The van der Waals surface area contributed by atoms with Crippen LogP contribution in [0.1, 0.15) is 19.3 Å². The first-order chi connectivity index (χ1) is 6.25. The maximum absolute atomic E-state index is 11.2. The summed E-state index contributed by atoms with van der Waals surface area (Å²) in [5.74, 6) is -0.209. The van der Waals surface area contributed by atoms with Gasteiger partial charge in [0, 0.05) is 18.6 Å². The van der Waals surface area contributed by atoms with Gasteiger partial charge in [0.05, 0.1) is 6.04 Å². The molecule has 1 atom stereocenters. The first-order valence-electron chi connectivity index (χ1n) is 4.85. The summed E-state index contributed by atoms with van der Waals surface area (Å²) < 4.78 is 5.30. The lowest BCUT2D eigenvalue weighted by atomic mass is 9.74. The molecule has 0 bridgehead atoms. The Hall–Kier alpha value is -0.610. The molecular weight excluding hydrogens is 168 g/mol. The van der Waals surface area contributed by atoms with E-state index in [1.165, 1.54) is 0 Å². The topological polar surface area (TPSA) is 64.4 Å². The van der Waals surface area contributed by atoms with Gasteiger partial charge in [-0.2, -0.15) is 0 Å². The molecule has 1 amide bonds. The molecule has 0 aromatic carbocycles. The van der Waals surface area contributed by atoms with E-state index in [9.17, 15) is 4.79 Å². The zero-order chi connectivity index (χ0) is 9.31. The molecule has 2 rings (SSSR count). The Morgan fingerprint density at radius 3 is 2.69 bits per heavy atom. The summed E-state index contributed by atoms with van der Waals surface area (Å²) in [5.41, 5.74) is 5.46. The minimum Gasteiger partial charge on any atom is -0.381 e. The molecule has 2 heterocycles. The molecule has 2 aliphatic rings. The highest BCUT2D eigenvalue weighted by atomic mass is 16.5. The van der Waals surface area contributed by atoms with E-state index in [4.69, 9.17) is 10.5 Å². The van der Waals surface area contributed by atoms with E-state index in [0.29, 0.717) is 0 Å². The van der Waals surface area contributed by atoms with Crippen LogP contribution in [0.15, 0.2) is 0 Å². The van der Waals surface area contributed by atoms with Gasteiger partial charge in [-0.05, 0) is 25.8 Å². The number of rotatable bonds is 1. The second-order valence-electron chi connectivity index (χ2n) is 4.01. The highest BCUT2D eigenvalue weighted by Crippen LogP contribution is 2.40. The zero-order valence-electron chi connectivity index (χ0n) is 7.71. The lowest BCUT2D eigenvalue weighted by Crippen LogP contribution is -2.49. The zero-order valence-corrected chi connectivity index (χ0v) is 7.71. The number of primary amides is 1. The lowest BCUT2D eigenvalue weighted by Gasteiger charge is -2.36. The molecule has 0 aromatic rings. The van der Waals surface area contributed by atoms with E-state index in [1.54, 1.807) is 0 Å². The number of nitrogens with two attached hydrogens (primary N) is 1. The molecule has 0 saturated carbocycles. The summed E-state index contributed by atoms with van der Waals surface area (Å²) in [6, 6.07) is -0.128. The summed E-state index contributed by atoms with van der Waals surface area (Å²) in [4.78, 5) is 11.2. The van der Waals surface area contributed by atoms with Crippen LogP contribution in [0.5, 0.6) is 0 Å². The van der Waals surface area contributed by atoms with Gasteiger partial charge in [-0.15, -0.1) is 0 Å². The van der Waals surface area contributed by atoms with Crippen LogP contribution < -0.4 is 11.1 Å². The molecule has 4 nitrogen and oxygen atoms in total. The van der Waals surface area contributed by atoms with Crippen molar-refractivity contribution in [3.05, 3.63) is 0 Å². The first-order valence-corrected chi connectivity index (χ1v) is 4.85. The average Bonchev–Trinajstić information content (AvgIpc) is 2.50. The van der Waals surface area contributed by atoms with Gasteiger partial charge in [-0.1, -0.05) is 0 Å². The Morgan fingerprint density at radius 1 is 1.38 bits per heavy atom. The van der Waals surface area contributed by atoms with Crippen molar-refractivity contribution in [1.29, 1.82) is 0 Å². The van der Waals surface area contributed by atoms with Gasteiger partial charge in [-0.25, -0.2) is 0 Å². The van der Waals surface area contributed by atoms with Crippen LogP contribution in [0, 0.1) is 5.41 Å². The quantitative estimate of drug-likeness (QED) is 0.584. The maximum atomic E-state index is 11.2. The van der Waals surface area contributed by atoms with Gasteiger partial charge in [-0.3, -0.25) is 4.79 Å². The first kappa shape index (κ1) is 8.97. The molecule has 1 unspecified atom stereocenters. The molecule has 2 aliphatic heterocycles. The van der Waals surface area contributed by atoms with Crippen LogP contribution in [-0.2, 0) is 9.53 Å². The van der Waals surface area contributed by atoms with Crippen LogP contribution >= 0.6 is 0 Å². The maximum Gasteiger partial charge on any atom is 0.235 e. The summed E-state index contributed by atoms with van der Waals surface area (Å²) in [5, 5.41) is 3.19. The Bertz CT molecular complexity index is 212. The van der Waals surface area contributed by atoms with Crippen LogP contribution in [0.3, 0.4) is 0 Å². The largest absolute Gasteiger partial charge is 0.381 e. The van der Waals surface area contributed by atoms with E-state index in [2.05, 4.69) is 5.32 Å². The summed E-state index contributed by atoms with van der Waals surface area (Å²) in [6.07, 6.45) is 2.99. The van der Waals surface area contributed by atoms with Gasteiger partial charge in [0.2, 0.25) is 5.91 Å². The highest BCUT2D eigenvalue weighted by molar-refractivity contribution is 5.81. The molecule has 0 radical (unpaired) electrons. The smallest absolute Gasteiger partial charge is 0.235 e. The third kappa shape index (κ3) is 1.44. The van der Waals surface area contributed by atoms with Crippen molar-refractivity contribution in [2.45, 2.75) is 25.3 Å². The number of carbonyl (C=O) groups excluding carboxylic acids is 1. The van der Waals surface area contributed by atoms with Crippen molar-refractivity contribution < 1.29 is 9.53 Å². The monoisotopic (exact) mass is 184 g/mol. The molecule has 13 heavy (non-hydrogen) atoms. The summed E-state index contributed by atoms with van der Waals surface area (Å²) in [7, 11) is 0. The van der Waals surface area contributed by atoms with Crippen molar-refractivity contribution in [3.63, 3.8) is 0 Å². The van der Waals surface area contributed by atoms with E-state index < -0.39 is 0 Å². The van der Waals surface area contributed by atoms with E-state index >= 15 is 0 Å². The van der Waals surface area contributed by atoms with Crippen molar-refractivity contribution in [2.75, 3.05) is 19.8 Å². The Labute approximate surface area is 77.8 Å². The second kappa shape index (κ2) is 3.27. The fraction of sp³-hybridized carbons (Fsp3) is 0.889. The molecule has 74 valence electrons. The van der Waals surface area contributed by atoms with Gasteiger partial charge >= 0.3 is 0 Å².